The molecule has 1 aromatic carbocycles. The number of aliphatic hydroxyl groups is 1. The van der Waals surface area contributed by atoms with Crippen molar-refractivity contribution in [3.05, 3.63) is 35.4 Å². The van der Waals surface area contributed by atoms with Gasteiger partial charge in [0.25, 0.3) is 0 Å². The van der Waals surface area contributed by atoms with Gasteiger partial charge in [0.15, 0.2) is 0 Å². The van der Waals surface area contributed by atoms with Gasteiger partial charge in [-0.2, -0.15) is 5.26 Å². The van der Waals surface area contributed by atoms with Crippen molar-refractivity contribution < 1.29 is 9.90 Å². The van der Waals surface area contributed by atoms with Gasteiger partial charge in [-0.3, -0.25) is 4.79 Å². The Hall–Kier alpha value is -1.86. The summed E-state index contributed by atoms with van der Waals surface area (Å²) < 4.78 is 0. The average Bonchev–Trinajstić information content (AvgIpc) is 2.54. The first-order valence-corrected chi connectivity index (χ1v) is 7.59. The number of nitrogens with zero attached hydrogens (tertiary/aromatic N) is 1. The summed E-state index contributed by atoms with van der Waals surface area (Å²) in [6.07, 6.45) is 4.85. The molecule has 1 fully saturated rings. The number of carbonyl (C=O) groups excluding carboxylic acids is 1. The molecule has 0 saturated heterocycles. The first kappa shape index (κ1) is 15.5. The fourth-order valence-electron chi connectivity index (χ4n) is 2.98. The Kier molecular flexibility index (Phi) is 5.77. The molecule has 0 aromatic heterocycles. The highest BCUT2D eigenvalue weighted by atomic mass is 16.3. The molecule has 0 bridgehead atoms. The molecule has 4 heteroatoms. The molecule has 4 nitrogen and oxygen atoms in total. The molecule has 1 aromatic rings. The highest BCUT2D eigenvalue weighted by molar-refractivity contribution is 5.78. The molecular weight excluding hydrogens is 264 g/mol. The molecule has 112 valence electrons. The van der Waals surface area contributed by atoms with Gasteiger partial charge in [-0.1, -0.05) is 25.0 Å². The van der Waals surface area contributed by atoms with E-state index >= 15 is 0 Å². The van der Waals surface area contributed by atoms with Gasteiger partial charge in [-0.15, -0.1) is 0 Å². The zero-order valence-electron chi connectivity index (χ0n) is 12.2. The fourth-order valence-corrected chi connectivity index (χ4v) is 2.98. The van der Waals surface area contributed by atoms with Gasteiger partial charge in [0.05, 0.1) is 18.1 Å². The second-order valence-electron chi connectivity index (χ2n) is 5.78. The maximum Gasteiger partial charge on any atom is 0.224 e. The van der Waals surface area contributed by atoms with E-state index in [0.29, 0.717) is 30.4 Å². The van der Waals surface area contributed by atoms with E-state index in [9.17, 15) is 9.90 Å². The third-order valence-electron chi connectivity index (χ3n) is 4.31. The molecule has 2 N–H and O–H groups in total. The summed E-state index contributed by atoms with van der Waals surface area (Å²) in [4.78, 5) is 12.0. The Morgan fingerprint density at radius 3 is 2.52 bits per heavy atom. The lowest BCUT2D eigenvalue weighted by atomic mass is 9.79. The number of nitriles is 1. The van der Waals surface area contributed by atoms with Gasteiger partial charge in [0, 0.05) is 13.2 Å². The molecule has 1 amide bonds. The fraction of sp³-hybridized carbons (Fsp3) is 0.529. The summed E-state index contributed by atoms with van der Waals surface area (Å²) in [5.74, 6) is 0.726. The molecule has 1 saturated carbocycles. The standard InChI is InChI=1S/C17H22N2O2/c18-10-14-7-5-13(6-8-14)9-17(21)19-11-15-3-1-2-4-16(15)12-20/h5-8,15-16,20H,1-4,9,11-12H2,(H,19,21). The van der Waals surface area contributed by atoms with Crippen molar-refractivity contribution in [3.63, 3.8) is 0 Å². The van der Waals surface area contributed by atoms with E-state index in [4.69, 9.17) is 5.26 Å². The summed E-state index contributed by atoms with van der Waals surface area (Å²) in [7, 11) is 0. The summed E-state index contributed by atoms with van der Waals surface area (Å²) in [5.41, 5.74) is 1.51. The van der Waals surface area contributed by atoms with Crippen LogP contribution in [0, 0.1) is 23.2 Å². The Morgan fingerprint density at radius 1 is 1.24 bits per heavy atom. The van der Waals surface area contributed by atoms with E-state index in [0.717, 1.165) is 18.4 Å². The van der Waals surface area contributed by atoms with Crippen LogP contribution in [0.3, 0.4) is 0 Å². The van der Waals surface area contributed by atoms with Crippen LogP contribution in [-0.2, 0) is 11.2 Å². The molecule has 2 rings (SSSR count). The summed E-state index contributed by atoms with van der Waals surface area (Å²) in [5, 5.41) is 21.1. The molecule has 1 aliphatic rings. The highest BCUT2D eigenvalue weighted by Crippen LogP contribution is 2.29. The van der Waals surface area contributed by atoms with E-state index in [-0.39, 0.29) is 12.5 Å². The maximum atomic E-state index is 12.0. The van der Waals surface area contributed by atoms with Crippen molar-refractivity contribution in [1.82, 2.24) is 5.32 Å². The normalized spacial score (nSPS) is 21.5. The minimum Gasteiger partial charge on any atom is -0.396 e. The van der Waals surface area contributed by atoms with Gasteiger partial charge < -0.3 is 10.4 Å². The lowest BCUT2D eigenvalue weighted by Crippen LogP contribution is -2.36. The quantitative estimate of drug-likeness (QED) is 0.869. The van der Waals surface area contributed by atoms with E-state index in [2.05, 4.69) is 11.4 Å². The van der Waals surface area contributed by atoms with Crippen molar-refractivity contribution in [2.24, 2.45) is 11.8 Å². The highest BCUT2D eigenvalue weighted by Gasteiger charge is 2.24. The van der Waals surface area contributed by atoms with Crippen molar-refractivity contribution in [1.29, 1.82) is 5.26 Å². The zero-order valence-corrected chi connectivity index (χ0v) is 12.2. The number of hydrogen-bond donors (Lipinski definition) is 2. The molecule has 0 aliphatic heterocycles. The van der Waals surface area contributed by atoms with Gasteiger partial charge in [0.1, 0.15) is 0 Å². The first-order chi connectivity index (χ1) is 10.2. The van der Waals surface area contributed by atoms with E-state index in [1.54, 1.807) is 12.1 Å². The van der Waals surface area contributed by atoms with Crippen LogP contribution in [-0.4, -0.2) is 24.2 Å². The van der Waals surface area contributed by atoms with E-state index in [1.165, 1.54) is 12.8 Å². The second-order valence-corrected chi connectivity index (χ2v) is 5.78. The van der Waals surface area contributed by atoms with Crippen molar-refractivity contribution in [2.45, 2.75) is 32.1 Å². The lowest BCUT2D eigenvalue weighted by Gasteiger charge is -2.30. The minimum atomic E-state index is 0.00182. The average molecular weight is 286 g/mol. The maximum absolute atomic E-state index is 12.0. The van der Waals surface area contributed by atoms with Gasteiger partial charge in [-0.05, 0) is 42.4 Å². The number of amides is 1. The SMILES string of the molecule is N#Cc1ccc(CC(=O)NCC2CCCCC2CO)cc1. The topological polar surface area (TPSA) is 73.1 Å². The molecule has 0 radical (unpaired) electrons. The molecule has 2 atom stereocenters. The summed E-state index contributed by atoms with van der Waals surface area (Å²) in [6.45, 7) is 0.872. The first-order valence-electron chi connectivity index (χ1n) is 7.59. The number of hydrogen-bond acceptors (Lipinski definition) is 3. The van der Waals surface area contributed by atoms with Crippen LogP contribution < -0.4 is 5.32 Å². The number of carbonyl (C=O) groups is 1. The van der Waals surface area contributed by atoms with Gasteiger partial charge in [0.2, 0.25) is 5.91 Å². The Labute approximate surface area is 125 Å². The largest absolute Gasteiger partial charge is 0.396 e. The molecule has 21 heavy (non-hydrogen) atoms. The Balaban J connectivity index is 1.80. The predicted molar refractivity (Wildman–Crippen MR) is 80.4 cm³/mol. The van der Waals surface area contributed by atoms with Crippen LogP contribution in [0.25, 0.3) is 0 Å². The number of benzene rings is 1. The summed E-state index contributed by atoms with van der Waals surface area (Å²) in [6, 6.07) is 9.15. The third kappa shape index (κ3) is 4.57. The van der Waals surface area contributed by atoms with Crippen LogP contribution >= 0.6 is 0 Å². The molecule has 2 unspecified atom stereocenters. The van der Waals surface area contributed by atoms with Crippen molar-refractivity contribution >= 4 is 5.91 Å². The summed E-state index contributed by atoms with van der Waals surface area (Å²) >= 11 is 0. The van der Waals surface area contributed by atoms with Crippen LogP contribution in [0.1, 0.15) is 36.8 Å². The third-order valence-corrected chi connectivity index (χ3v) is 4.31. The van der Waals surface area contributed by atoms with Crippen LogP contribution in [0.2, 0.25) is 0 Å². The number of nitrogens with one attached hydrogen (secondary N) is 1. The molecular formula is C17H22N2O2. The van der Waals surface area contributed by atoms with Crippen LogP contribution in [0.5, 0.6) is 0 Å². The molecule has 1 aliphatic carbocycles. The smallest absolute Gasteiger partial charge is 0.224 e. The monoisotopic (exact) mass is 286 g/mol. The zero-order chi connectivity index (χ0) is 15.1. The van der Waals surface area contributed by atoms with Gasteiger partial charge in [-0.25, -0.2) is 0 Å². The van der Waals surface area contributed by atoms with Crippen LogP contribution in [0.4, 0.5) is 0 Å². The minimum absolute atomic E-state index is 0.00182. The van der Waals surface area contributed by atoms with Crippen LogP contribution in [0.15, 0.2) is 24.3 Å². The van der Waals surface area contributed by atoms with Crippen molar-refractivity contribution in [2.75, 3.05) is 13.2 Å². The lowest BCUT2D eigenvalue weighted by molar-refractivity contribution is -0.120. The Morgan fingerprint density at radius 2 is 1.90 bits per heavy atom. The number of aliphatic hydroxyl groups excluding tert-OH is 1. The number of rotatable bonds is 5. The van der Waals surface area contributed by atoms with Crippen molar-refractivity contribution in [3.8, 4) is 6.07 Å². The predicted octanol–water partition coefficient (Wildman–Crippen LogP) is 2.02. The van der Waals surface area contributed by atoms with E-state index < -0.39 is 0 Å². The Bertz CT molecular complexity index is 505. The second kappa shape index (κ2) is 7.80. The van der Waals surface area contributed by atoms with Gasteiger partial charge >= 0.3 is 0 Å². The molecule has 0 heterocycles. The molecule has 0 spiro atoms. The van der Waals surface area contributed by atoms with E-state index in [1.807, 2.05) is 12.1 Å².